The number of hydrogen-bond donors (Lipinski definition) is 0. The van der Waals surface area contributed by atoms with E-state index in [0.29, 0.717) is 13.2 Å². The molecule has 1 aliphatic rings. The number of phosphoric ester groups is 1. The molecule has 0 radical (unpaired) electrons. The van der Waals surface area contributed by atoms with Crippen LogP contribution < -0.4 is 0 Å². The highest BCUT2D eigenvalue weighted by Crippen LogP contribution is 2.53. The molecule has 5 heteroatoms. The zero-order valence-corrected chi connectivity index (χ0v) is 10.5. The van der Waals surface area contributed by atoms with E-state index in [4.69, 9.17) is 13.6 Å². The van der Waals surface area contributed by atoms with Gasteiger partial charge in [0, 0.05) is 6.42 Å². The van der Waals surface area contributed by atoms with E-state index < -0.39 is 7.82 Å². The molecule has 0 fully saturated rings. The molecule has 0 heterocycles. The van der Waals surface area contributed by atoms with Crippen LogP contribution in [0.4, 0.5) is 0 Å². The monoisotopic (exact) mass is 234 g/mol. The summed E-state index contributed by atoms with van der Waals surface area (Å²) in [6, 6.07) is 0. The first-order chi connectivity index (χ1) is 7.11. The molecule has 0 amide bonds. The fourth-order valence-electron chi connectivity index (χ4n) is 1.53. The molecule has 0 spiro atoms. The van der Waals surface area contributed by atoms with Gasteiger partial charge >= 0.3 is 7.82 Å². The molecule has 0 saturated carbocycles. The fraction of sp³-hybridized carbons (Fsp3) is 0.800. The molecule has 0 aromatic rings. The SMILES string of the molecule is CCOP(=O)(OCC)OC1=C(C)CCC1. The third-order valence-electron chi connectivity index (χ3n) is 2.23. The van der Waals surface area contributed by atoms with E-state index in [0.717, 1.165) is 30.6 Å². The Hall–Kier alpha value is -0.310. The van der Waals surface area contributed by atoms with Crippen LogP contribution in [-0.2, 0) is 18.1 Å². The van der Waals surface area contributed by atoms with E-state index in [2.05, 4.69) is 0 Å². The van der Waals surface area contributed by atoms with E-state index in [-0.39, 0.29) is 0 Å². The molecular formula is C10H19O4P. The summed E-state index contributed by atoms with van der Waals surface area (Å²) < 4.78 is 27.5. The third kappa shape index (κ3) is 3.63. The average molecular weight is 234 g/mol. The van der Waals surface area contributed by atoms with Crippen LogP contribution in [-0.4, -0.2) is 13.2 Å². The molecule has 88 valence electrons. The molecule has 0 bridgehead atoms. The van der Waals surface area contributed by atoms with E-state index in [1.807, 2.05) is 6.92 Å². The van der Waals surface area contributed by atoms with Crippen LogP contribution >= 0.6 is 7.82 Å². The van der Waals surface area contributed by atoms with Crippen LogP contribution in [0.2, 0.25) is 0 Å². The zero-order chi connectivity index (χ0) is 11.3. The lowest BCUT2D eigenvalue weighted by atomic mass is 10.3. The van der Waals surface area contributed by atoms with Crippen molar-refractivity contribution in [2.75, 3.05) is 13.2 Å². The van der Waals surface area contributed by atoms with Crippen molar-refractivity contribution >= 4 is 7.82 Å². The summed E-state index contributed by atoms with van der Waals surface area (Å²) in [5.74, 6) is 0.778. The molecule has 0 saturated heterocycles. The summed E-state index contributed by atoms with van der Waals surface area (Å²) in [5.41, 5.74) is 1.15. The maximum Gasteiger partial charge on any atom is 0.529 e. The van der Waals surface area contributed by atoms with Crippen LogP contribution in [0, 0.1) is 0 Å². The second kappa shape index (κ2) is 5.69. The lowest BCUT2D eigenvalue weighted by Crippen LogP contribution is -2.00. The van der Waals surface area contributed by atoms with Crippen molar-refractivity contribution < 1.29 is 18.1 Å². The summed E-state index contributed by atoms with van der Waals surface area (Å²) in [7, 11) is -3.36. The number of allylic oxidation sites excluding steroid dienone is 2. The van der Waals surface area contributed by atoms with Crippen LogP contribution in [0.1, 0.15) is 40.0 Å². The molecule has 1 aliphatic carbocycles. The Morgan fingerprint density at radius 2 is 1.80 bits per heavy atom. The molecule has 0 unspecified atom stereocenters. The van der Waals surface area contributed by atoms with Crippen LogP contribution in [0.5, 0.6) is 0 Å². The summed E-state index contributed by atoms with van der Waals surface area (Å²) >= 11 is 0. The minimum absolute atomic E-state index is 0.323. The van der Waals surface area contributed by atoms with E-state index in [1.165, 1.54) is 0 Å². The molecule has 15 heavy (non-hydrogen) atoms. The predicted octanol–water partition coefficient (Wildman–Crippen LogP) is 3.64. The quantitative estimate of drug-likeness (QED) is 0.658. The van der Waals surface area contributed by atoms with E-state index >= 15 is 0 Å². The summed E-state index contributed by atoms with van der Waals surface area (Å²) in [6.45, 7) is 6.17. The molecule has 0 aromatic heterocycles. The van der Waals surface area contributed by atoms with Gasteiger partial charge in [-0.2, -0.15) is 0 Å². The van der Waals surface area contributed by atoms with Gasteiger partial charge in [-0.25, -0.2) is 4.57 Å². The number of hydrogen-bond acceptors (Lipinski definition) is 4. The van der Waals surface area contributed by atoms with Gasteiger partial charge in [0.1, 0.15) is 5.76 Å². The minimum atomic E-state index is -3.36. The van der Waals surface area contributed by atoms with Gasteiger partial charge in [-0.3, -0.25) is 9.05 Å². The summed E-state index contributed by atoms with van der Waals surface area (Å²) in [4.78, 5) is 0. The Labute approximate surface area is 91.2 Å². The molecule has 0 aliphatic heterocycles. The summed E-state index contributed by atoms with van der Waals surface area (Å²) in [5, 5.41) is 0. The summed E-state index contributed by atoms with van der Waals surface area (Å²) in [6.07, 6.45) is 2.89. The Bertz CT molecular complexity index is 275. The van der Waals surface area contributed by atoms with Crippen LogP contribution in [0.15, 0.2) is 11.3 Å². The predicted molar refractivity (Wildman–Crippen MR) is 58.5 cm³/mol. The first-order valence-electron chi connectivity index (χ1n) is 5.38. The third-order valence-corrected chi connectivity index (χ3v) is 3.82. The first kappa shape index (κ1) is 12.8. The average Bonchev–Trinajstić information content (AvgIpc) is 2.52. The van der Waals surface area contributed by atoms with Gasteiger partial charge in [0.05, 0.1) is 13.2 Å². The van der Waals surface area contributed by atoms with Crippen molar-refractivity contribution in [3.8, 4) is 0 Å². The highest BCUT2D eigenvalue weighted by Gasteiger charge is 2.30. The van der Waals surface area contributed by atoms with Crippen molar-refractivity contribution in [2.45, 2.75) is 40.0 Å². The van der Waals surface area contributed by atoms with Gasteiger partial charge in [-0.1, -0.05) is 0 Å². The van der Waals surface area contributed by atoms with Gasteiger partial charge in [-0.05, 0) is 39.2 Å². The normalized spacial score (nSPS) is 17.3. The molecular weight excluding hydrogens is 215 g/mol. The molecule has 0 aromatic carbocycles. The van der Waals surface area contributed by atoms with Crippen LogP contribution in [0.3, 0.4) is 0 Å². The lowest BCUT2D eigenvalue weighted by molar-refractivity contribution is 0.143. The Balaban J connectivity index is 2.66. The Kier molecular flexibility index (Phi) is 4.84. The molecule has 0 atom stereocenters. The highest BCUT2D eigenvalue weighted by atomic mass is 31.2. The van der Waals surface area contributed by atoms with Gasteiger partial charge < -0.3 is 4.52 Å². The fourth-order valence-corrected chi connectivity index (χ4v) is 2.86. The topological polar surface area (TPSA) is 44.8 Å². The van der Waals surface area contributed by atoms with Crippen molar-refractivity contribution in [3.63, 3.8) is 0 Å². The van der Waals surface area contributed by atoms with Crippen molar-refractivity contribution in [2.24, 2.45) is 0 Å². The number of rotatable bonds is 6. The molecule has 0 N–H and O–H groups in total. The van der Waals surface area contributed by atoms with E-state index in [1.54, 1.807) is 13.8 Å². The lowest BCUT2D eigenvalue weighted by Gasteiger charge is -2.18. The highest BCUT2D eigenvalue weighted by molar-refractivity contribution is 7.48. The van der Waals surface area contributed by atoms with Gasteiger partial charge in [-0.15, -0.1) is 0 Å². The maximum atomic E-state index is 12.0. The van der Waals surface area contributed by atoms with Crippen molar-refractivity contribution in [1.82, 2.24) is 0 Å². The largest absolute Gasteiger partial charge is 0.529 e. The van der Waals surface area contributed by atoms with Crippen molar-refractivity contribution in [3.05, 3.63) is 11.3 Å². The van der Waals surface area contributed by atoms with Gasteiger partial charge in [0.15, 0.2) is 0 Å². The minimum Gasteiger partial charge on any atom is -0.409 e. The number of phosphoric acid groups is 1. The van der Waals surface area contributed by atoms with Gasteiger partial charge in [0.25, 0.3) is 0 Å². The molecule has 4 nitrogen and oxygen atoms in total. The zero-order valence-electron chi connectivity index (χ0n) is 9.62. The standard InChI is InChI=1S/C10H19O4P/c1-4-12-15(11,13-5-2)14-10-8-6-7-9(10)3/h4-8H2,1-3H3. The smallest absolute Gasteiger partial charge is 0.409 e. The first-order valence-corrected chi connectivity index (χ1v) is 6.84. The maximum absolute atomic E-state index is 12.0. The van der Waals surface area contributed by atoms with Crippen molar-refractivity contribution in [1.29, 1.82) is 0 Å². The second-order valence-corrected chi connectivity index (χ2v) is 5.02. The second-order valence-electron chi connectivity index (χ2n) is 3.43. The molecule has 1 rings (SSSR count). The Morgan fingerprint density at radius 3 is 2.20 bits per heavy atom. The van der Waals surface area contributed by atoms with E-state index in [9.17, 15) is 4.57 Å². The van der Waals surface area contributed by atoms with Gasteiger partial charge in [0.2, 0.25) is 0 Å². The van der Waals surface area contributed by atoms with Crippen LogP contribution in [0.25, 0.3) is 0 Å². The Morgan fingerprint density at radius 1 is 1.20 bits per heavy atom.